The minimum atomic E-state index is -1.26. The van der Waals surface area contributed by atoms with Crippen LogP contribution in [0.15, 0.2) is 0 Å². The van der Waals surface area contributed by atoms with Crippen LogP contribution in [0.4, 0.5) is 0 Å². The monoisotopic (exact) mass is 368 g/mol. The van der Waals surface area contributed by atoms with E-state index in [2.05, 4.69) is 0 Å². The topological polar surface area (TPSA) is 105 Å². The van der Waals surface area contributed by atoms with E-state index in [1.165, 1.54) is 7.11 Å². The molecule has 5 unspecified atom stereocenters. The molecule has 0 N–H and O–H groups in total. The number of carbonyl (C=O) groups is 4. The Hall–Kier alpha value is -2.12. The van der Waals surface area contributed by atoms with Crippen LogP contribution < -0.4 is 0 Å². The smallest absolute Gasteiger partial charge is 0.344 e. The fourth-order valence-corrected chi connectivity index (χ4v) is 4.26. The second-order valence-electron chi connectivity index (χ2n) is 7.91. The molecule has 0 amide bonds. The molecule has 1 heterocycles. The number of hydrogen-bond donors (Lipinski definition) is 0. The molecular formula is C18H24O8. The fourth-order valence-electron chi connectivity index (χ4n) is 4.26. The summed E-state index contributed by atoms with van der Waals surface area (Å²) in [4.78, 5) is 48.4. The maximum atomic E-state index is 12.3. The highest BCUT2D eigenvalue weighted by molar-refractivity contribution is 6.03. The van der Waals surface area contributed by atoms with E-state index < -0.39 is 53.5 Å². The standard InChI is InChI=1S/C18H24O8/c1-5-17(2,3)14(20)24-8-11(19)25-12-9-6-10-13(12)26-16(22)18(10,7-9)15(21)23-4/h9-10,12-13H,5-8H2,1-4H3. The third-order valence-corrected chi connectivity index (χ3v) is 6.14. The summed E-state index contributed by atoms with van der Waals surface area (Å²) in [6, 6.07) is 0. The molecule has 144 valence electrons. The number of esters is 4. The Balaban J connectivity index is 1.61. The number of carbonyl (C=O) groups excluding carboxylic acids is 4. The number of hydrogen-bond acceptors (Lipinski definition) is 8. The van der Waals surface area contributed by atoms with Gasteiger partial charge in [0.15, 0.2) is 12.0 Å². The summed E-state index contributed by atoms with van der Waals surface area (Å²) in [6.45, 7) is 4.84. The van der Waals surface area contributed by atoms with Gasteiger partial charge in [0.05, 0.1) is 12.5 Å². The van der Waals surface area contributed by atoms with Gasteiger partial charge in [-0.15, -0.1) is 0 Å². The van der Waals surface area contributed by atoms with Gasteiger partial charge in [-0.3, -0.25) is 14.4 Å². The van der Waals surface area contributed by atoms with Gasteiger partial charge >= 0.3 is 23.9 Å². The molecule has 3 rings (SSSR count). The molecule has 0 aromatic heterocycles. The number of rotatable bonds is 6. The van der Waals surface area contributed by atoms with Crippen LogP contribution in [0, 0.1) is 22.7 Å². The average molecular weight is 368 g/mol. The predicted octanol–water partition coefficient (Wildman–Crippen LogP) is 1.00. The van der Waals surface area contributed by atoms with Crippen molar-refractivity contribution in [3.05, 3.63) is 0 Å². The van der Waals surface area contributed by atoms with Crippen LogP contribution in [0.2, 0.25) is 0 Å². The van der Waals surface area contributed by atoms with E-state index >= 15 is 0 Å². The molecule has 8 heteroatoms. The van der Waals surface area contributed by atoms with E-state index in [0.717, 1.165) is 0 Å². The molecule has 1 aliphatic heterocycles. The lowest BCUT2D eigenvalue weighted by atomic mass is 9.73. The summed E-state index contributed by atoms with van der Waals surface area (Å²) in [6.07, 6.45) is 0.134. The SMILES string of the molecule is CCC(C)(C)C(=O)OCC(=O)OC1C2CC3C1OC(=O)C3(C(=O)OC)C2. The maximum absolute atomic E-state index is 12.3. The molecule has 0 radical (unpaired) electrons. The highest BCUT2D eigenvalue weighted by atomic mass is 16.6. The zero-order valence-electron chi connectivity index (χ0n) is 15.4. The maximum Gasteiger partial charge on any atom is 0.344 e. The molecule has 2 bridgehead atoms. The van der Waals surface area contributed by atoms with E-state index in [-0.39, 0.29) is 18.3 Å². The minimum Gasteiger partial charge on any atom is -0.468 e. The normalized spacial score (nSPS) is 34.4. The molecule has 0 spiro atoms. The van der Waals surface area contributed by atoms with Crippen molar-refractivity contribution in [2.45, 2.75) is 52.2 Å². The van der Waals surface area contributed by atoms with E-state index in [9.17, 15) is 19.2 Å². The fraction of sp³-hybridized carbons (Fsp3) is 0.778. The van der Waals surface area contributed by atoms with Gasteiger partial charge in [0, 0.05) is 11.8 Å². The molecule has 26 heavy (non-hydrogen) atoms. The van der Waals surface area contributed by atoms with Gasteiger partial charge in [-0.25, -0.2) is 4.79 Å². The van der Waals surface area contributed by atoms with Crippen molar-refractivity contribution >= 4 is 23.9 Å². The van der Waals surface area contributed by atoms with Crippen LogP contribution in [0.25, 0.3) is 0 Å². The zero-order chi connectivity index (χ0) is 19.3. The van der Waals surface area contributed by atoms with E-state index in [0.29, 0.717) is 12.8 Å². The van der Waals surface area contributed by atoms with E-state index in [1.54, 1.807) is 13.8 Å². The van der Waals surface area contributed by atoms with Gasteiger partial charge in [-0.1, -0.05) is 6.92 Å². The van der Waals surface area contributed by atoms with Crippen LogP contribution in [0.5, 0.6) is 0 Å². The highest BCUT2D eigenvalue weighted by Gasteiger charge is 2.75. The molecule has 0 aromatic carbocycles. The molecule has 1 saturated heterocycles. The van der Waals surface area contributed by atoms with Crippen LogP contribution in [0.1, 0.15) is 40.0 Å². The van der Waals surface area contributed by atoms with Crippen LogP contribution >= 0.6 is 0 Å². The van der Waals surface area contributed by atoms with Crippen molar-refractivity contribution in [3.63, 3.8) is 0 Å². The van der Waals surface area contributed by atoms with Crippen molar-refractivity contribution in [1.82, 2.24) is 0 Å². The van der Waals surface area contributed by atoms with Crippen LogP contribution in [-0.2, 0) is 38.1 Å². The molecular weight excluding hydrogens is 344 g/mol. The van der Waals surface area contributed by atoms with Crippen LogP contribution in [0.3, 0.4) is 0 Å². The number of methoxy groups -OCH3 is 1. The Morgan fingerprint density at radius 2 is 2.00 bits per heavy atom. The average Bonchev–Trinajstić information content (AvgIpc) is 3.21. The first-order valence-corrected chi connectivity index (χ1v) is 8.83. The Bertz CT molecular complexity index is 654. The second kappa shape index (κ2) is 6.25. The zero-order valence-corrected chi connectivity index (χ0v) is 15.4. The van der Waals surface area contributed by atoms with Gasteiger partial charge in [0.25, 0.3) is 0 Å². The Morgan fingerprint density at radius 1 is 1.31 bits per heavy atom. The third-order valence-electron chi connectivity index (χ3n) is 6.14. The summed E-state index contributed by atoms with van der Waals surface area (Å²) in [7, 11) is 1.24. The van der Waals surface area contributed by atoms with E-state index in [1.807, 2.05) is 6.92 Å². The number of fused-ring (bicyclic) bond motifs is 1. The number of ether oxygens (including phenoxy) is 4. The summed E-state index contributed by atoms with van der Waals surface area (Å²) in [5.41, 5.74) is -1.93. The quantitative estimate of drug-likeness (QED) is 0.388. The summed E-state index contributed by atoms with van der Waals surface area (Å²) >= 11 is 0. The summed E-state index contributed by atoms with van der Waals surface area (Å²) in [5, 5.41) is 0. The third kappa shape index (κ3) is 2.57. The van der Waals surface area contributed by atoms with Crippen molar-refractivity contribution < 1.29 is 38.1 Å². The Labute approximate surface area is 151 Å². The molecule has 0 aromatic rings. The largest absolute Gasteiger partial charge is 0.468 e. The first-order valence-electron chi connectivity index (χ1n) is 8.83. The molecule has 2 aliphatic carbocycles. The summed E-state index contributed by atoms with van der Waals surface area (Å²) in [5.74, 6) is -2.83. The lowest BCUT2D eigenvalue weighted by Gasteiger charge is -2.29. The van der Waals surface area contributed by atoms with Gasteiger partial charge in [-0.2, -0.15) is 0 Å². The molecule has 3 aliphatic rings. The van der Waals surface area contributed by atoms with Gasteiger partial charge in [-0.05, 0) is 33.1 Å². The van der Waals surface area contributed by atoms with Gasteiger partial charge < -0.3 is 18.9 Å². The van der Waals surface area contributed by atoms with Crippen molar-refractivity contribution in [1.29, 1.82) is 0 Å². The molecule has 8 nitrogen and oxygen atoms in total. The van der Waals surface area contributed by atoms with Gasteiger partial charge in [0.1, 0.15) is 12.2 Å². The Morgan fingerprint density at radius 3 is 2.62 bits per heavy atom. The lowest BCUT2D eigenvalue weighted by Crippen LogP contribution is -2.45. The van der Waals surface area contributed by atoms with Crippen molar-refractivity contribution in [3.8, 4) is 0 Å². The first-order chi connectivity index (χ1) is 12.2. The van der Waals surface area contributed by atoms with Crippen LogP contribution in [-0.4, -0.2) is 49.8 Å². The minimum absolute atomic E-state index is 0.151. The predicted molar refractivity (Wildman–Crippen MR) is 85.5 cm³/mol. The van der Waals surface area contributed by atoms with E-state index in [4.69, 9.17) is 18.9 Å². The Kier molecular flexibility index (Phi) is 4.48. The molecule has 3 fully saturated rings. The lowest BCUT2D eigenvalue weighted by molar-refractivity contribution is -0.173. The molecule has 2 saturated carbocycles. The van der Waals surface area contributed by atoms with Crippen molar-refractivity contribution in [2.75, 3.05) is 13.7 Å². The summed E-state index contributed by atoms with van der Waals surface area (Å²) < 4.78 is 20.6. The van der Waals surface area contributed by atoms with Crippen molar-refractivity contribution in [2.24, 2.45) is 22.7 Å². The highest BCUT2D eigenvalue weighted by Crippen LogP contribution is 2.62. The second-order valence-corrected chi connectivity index (χ2v) is 7.91. The molecule has 5 atom stereocenters. The van der Waals surface area contributed by atoms with Gasteiger partial charge in [0.2, 0.25) is 0 Å². The first kappa shape index (κ1) is 18.7.